The Labute approximate surface area is 294 Å². The van der Waals surface area contributed by atoms with E-state index < -0.39 is 8.96 Å². The molecule has 11 rings (SSSR count). The fraction of sp³-hybridized carbons (Fsp3) is 0.0465. The van der Waals surface area contributed by atoms with Crippen LogP contribution >= 0.6 is 0 Å². The molecule has 0 amide bonds. The lowest BCUT2D eigenvalue weighted by atomic mass is 9.92. The Morgan fingerprint density at radius 2 is 1.41 bits per heavy atom. The number of rotatable bonds is 5. The van der Waals surface area contributed by atoms with E-state index in [0.29, 0.717) is 6.01 Å². The summed E-state index contributed by atoms with van der Waals surface area (Å²) in [5.41, 5.74) is 8.99. The molecule has 0 N–H and O–H groups in total. The third kappa shape index (κ3) is 4.20. The molecule has 2 atom stereocenters. The van der Waals surface area contributed by atoms with Crippen LogP contribution in [0.25, 0.3) is 61.4 Å². The molecule has 5 aromatic carbocycles. The number of benzene rings is 5. The molecule has 9 aromatic rings. The maximum absolute atomic E-state index is 6.78. The zero-order valence-corrected chi connectivity index (χ0v) is 28.2. The first-order valence-electron chi connectivity index (χ1n) is 17.1. The molecule has 241 valence electrons. The predicted octanol–water partition coefficient (Wildman–Crippen LogP) is 8.33. The van der Waals surface area contributed by atoms with Crippen molar-refractivity contribution < 1.29 is 8.83 Å². The monoisotopic (exact) mass is 674 g/mol. The molecular weight excluding hydrogens is 647 g/mol. The van der Waals surface area contributed by atoms with E-state index in [2.05, 4.69) is 148 Å². The molecule has 2 aliphatic rings. The largest absolute Gasteiger partial charge is 0.443 e. The zero-order chi connectivity index (χ0) is 33.5. The van der Waals surface area contributed by atoms with Crippen LogP contribution in [-0.4, -0.2) is 34.5 Å². The van der Waals surface area contributed by atoms with Gasteiger partial charge in [-0.15, -0.1) is 0 Å². The summed E-state index contributed by atoms with van der Waals surface area (Å²) in [6.07, 6.45) is 10.5. The van der Waals surface area contributed by atoms with Crippen molar-refractivity contribution in [1.29, 1.82) is 0 Å². The summed E-state index contributed by atoms with van der Waals surface area (Å²) < 4.78 is 17.1. The number of hydrogen-bond acceptors (Lipinski definition) is 6. The third-order valence-electron chi connectivity index (χ3n) is 10.2. The lowest BCUT2D eigenvalue weighted by Gasteiger charge is -2.35. The minimum absolute atomic E-state index is 0.154. The fourth-order valence-corrected chi connectivity index (χ4v) is 11.0. The van der Waals surface area contributed by atoms with Gasteiger partial charge < -0.3 is 13.4 Å². The summed E-state index contributed by atoms with van der Waals surface area (Å²) in [4.78, 5) is 15.2. The number of para-hydroxylation sites is 2. The average Bonchev–Trinajstić information content (AvgIpc) is 3.98. The van der Waals surface area contributed by atoms with Crippen LogP contribution in [0.4, 0.5) is 5.69 Å². The van der Waals surface area contributed by atoms with E-state index in [0.717, 1.165) is 61.1 Å². The number of nitrogens with zero attached hydrogens (tertiary/aromatic N) is 5. The molecule has 1 aliphatic carbocycles. The Morgan fingerprint density at radius 3 is 2.25 bits per heavy atom. The standard InChI is InChI=1S/C43H28N5O2Si/c1-3-12-27(13-4-1)51(28-14-5-2-6-15-28)48-36-20-10-8-16-29(36)31-23-25-38-40(41(31)48)46-43(50-38)47-35-19-9-7-17-30(35)32-22-24-34(45-42(32)47)33-18-11-21-37-39(33)44-26-49-37/h1-26,29,36H. The second-order valence-electron chi connectivity index (χ2n) is 13.0. The molecule has 0 saturated carbocycles. The SMILES string of the molecule is C1=CC2c3ccc4oc(-n5c6ccccc6c6ccc(-c7cccc8ocnc78)nc65)nc4c3N([Si](c3ccccc3)c3ccccc3)C2C=C1. The van der Waals surface area contributed by atoms with E-state index in [1.165, 1.54) is 22.3 Å². The topological polar surface area (TPSA) is 73.1 Å². The van der Waals surface area contributed by atoms with Gasteiger partial charge in [-0.3, -0.25) is 0 Å². The predicted molar refractivity (Wildman–Crippen MR) is 204 cm³/mol. The Morgan fingerprint density at radius 1 is 0.627 bits per heavy atom. The van der Waals surface area contributed by atoms with Crippen LogP contribution in [0.15, 0.2) is 167 Å². The van der Waals surface area contributed by atoms with E-state index in [9.17, 15) is 0 Å². The molecule has 8 heteroatoms. The van der Waals surface area contributed by atoms with Crippen molar-refractivity contribution in [2.45, 2.75) is 12.0 Å². The fourth-order valence-electron chi connectivity index (χ4n) is 8.05. The number of oxazole rings is 2. The number of aromatic nitrogens is 4. The zero-order valence-electron chi connectivity index (χ0n) is 27.2. The molecule has 2 unspecified atom stereocenters. The van der Waals surface area contributed by atoms with Crippen molar-refractivity contribution in [3.63, 3.8) is 0 Å². The molecule has 1 aliphatic heterocycles. The van der Waals surface area contributed by atoms with Gasteiger partial charge in [-0.05, 0) is 46.3 Å². The number of fused-ring (bicyclic) bond motifs is 9. The van der Waals surface area contributed by atoms with Crippen molar-refractivity contribution in [2.24, 2.45) is 0 Å². The summed E-state index contributed by atoms with van der Waals surface area (Å²) in [7, 11) is -1.48. The van der Waals surface area contributed by atoms with Crippen LogP contribution in [0.2, 0.25) is 0 Å². The van der Waals surface area contributed by atoms with E-state index in [4.69, 9.17) is 18.8 Å². The molecule has 0 fully saturated rings. The lowest BCUT2D eigenvalue weighted by molar-refractivity contribution is 0.573. The lowest BCUT2D eigenvalue weighted by Crippen LogP contribution is -2.59. The molecule has 7 nitrogen and oxygen atoms in total. The van der Waals surface area contributed by atoms with Crippen LogP contribution in [0.5, 0.6) is 0 Å². The summed E-state index contributed by atoms with van der Waals surface area (Å²) in [5.74, 6) is 0.207. The minimum atomic E-state index is -1.48. The van der Waals surface area contributed by atoms with Crippen molar-refractivity contribution in [2.75, 3.05) is 4.57 Å². The van der Waals surface area contributed by atoms with E-state index in [-0.39, 0.29) is 12.0 Å². The van der Waals surface area contributed by atoms with Crippen molar-refractivity contribution >= 4 is 69.2 Å². The van der Waals surface area contributed by atoms with Gasteiger partial charge in [0.2, 0.25) is 8.96 Å². The van der Waals surface area contributed by atoms with E-state index in [1.807, 2.05) is 18.2 Å². The van der Waals surface area contributed by atoms with Crippen molar-refractivity contribution in [3.05, 3.63) is 164 Å². The molecule has 1 radical (unpaired) electrons. The Bertz CT molecular complexity index is 2810. The van der Waals surface area contributed by atoms with Gasteiger partial charge >= 0.3 is 6.01 Å². The highest BCUT2D eigenvalue weighted by Crippen LogP contribution is 2.48. The van der Waals surface area contributed by atoms with E-state index >= 15 is 0 Å². The first-order chi connectivity index (χ1) is 25.3. The third-order valence-corrected chi connectivity index (χ3v) is 13.0. The van der Waals surface area contributed by atoms with Gasteiger partial charge in [0.25, 0.3) is 0 Å². The van der Waals surface area contributed by atoms with Crippen LogP contribution < -0.4 is 14.9 Å². The maximum Gasteiger partial charge on any atom is 0.309 e. The molecule has 0 bridgehead atoms. The molecular formula is C43H28N5O2Si. The Balaban J connectivity index is 1.16. The molecule has 0 saturated heterocycles. The second-order valence-corrected chi connectivity index (χ2v) is 15.3. The van der Waals surface area contributed by atoms with Gasteiger partial charge in [0.05, 0.1) is 22.9 Å². The van der Waals surface area contributed by atoms with Gasteiger partial charge in [-0.25, -0.2) is 14.5 Å². The van der Waals surface area contributed by atoms with Gasteiger partial charge in [-0.1, -0.05) is 121 Å². The van der Waals surface area contributed by atoms with Crippen LogP contribution in [-0.2, 0) is 0 Å². The first-order valence-corrected chi connectivity index (χ1v) is 18.6. The minimum Gasteiger partial charge on any atom is -0.443 e. The molecule has 51 heavy (non-hydrogen) atoms. The first kappa shape index (κ1) is 28.3. The summed E-state index contributed by atoms with van der Waals surface area (Å²) >= 11 is 0. The molecule has 4 aromatic heterocycles. The normalized spacial score (nSPS) is 16.6. The molecule has 5 heterocycles. The number of allylic oxidation sites excluding steroid dienone is 2. The highest BCUT2D eigenvalue weighted by atomic mass is 28.3. The summed E-state index contributed by atoms with van der Waals surface area (Å²) in [5, 5.41) is 4.76. The van der Waals surface area contributed by atoms with Gasteiger partial charge in [0, 0.05) is 22.3 Å². The van der Waals surface area contributed by atoms with E-state index in [1.54, 1.807) is 0 Å². The maximum atomic E-state index is 6.78. The number of pyridine rings is 1. The smallest absolute Gasteiger partial charge is 0.309 e. The van der Waals surface area contributed by atoms with Crippen molar-refractivity contribution in [3.8, 4) is 17.3 Å². The van der Waals surface area contributed by atoms with Crippen LogP contribution in [0, 0.1) is 0 Å². The highest BCUT2D eigenvalue weighted by Gasteiger charge is 2.44. The highest BCUT2D eigenvalue weighted by molar-refractivity contribution is 6.88. The Kier molecular flexibility index (Phi) is 6.11. The quantitative estimate of drug-likeness (QED) is 0.171. The van der Waals surface area contributed by atoms with Crippen LogP contribution in [0.1, 0.15) is 11.5 Å². The summed E-state index contributed by atoms with van der Waals surface area (Å²) in [6, 6.07) is 45.3. The van der Waals surface area contributed by atoms with Gasteiger partial charge in [0.1, 0.15) is 16.7 Å². The summed E-state index contributed by atoms with van der Waals surface area (Å²) in [6.45, 7) is 0. The van der Waals surface area contributed by atoms with Crippen LogP contribution in [0.3, 0.4) is 0 Å². The van der Waals surface area contributed by atoms with Gasteiger partial charge in [-0.2, -0.15) is 4.98 Å². The number of anilines is 1. The second kappa shape index (κ2) is 11.0. The van der Waals surface area contributed by atoms with Crippen molar-refractivity contribution in [1.82, 2.24) is 19.5 Å². The molecule has 0 spiro atoms. The van der Waals surface area contributed by atoms with Gasteiger partial charge in [0.15, 0.2) is 17.6 Å². The number of hydrogen-bond donors (Lipinski definition) is 0. The average molecular weight is 675 g/mol. The Hall–Kier alpha value is -6.51.